The number of aliphatic hydroxyl groups is 6. The second-order valence-corrected chi connectivity index (χ2v) is 22.4. The summed E-state index contributed by atoms with van der Waals surface area (Å²) >= 11 is 3.29. The summed E-state index contributed by atoms with van der Waals surface area (Å²) in [6.45, 7) is 22.7. The number of carbonyl (C=O) groups is 2. The lowest BCUT2D eigenvalue weighted by atomic mass is 9.75. The van der Waals surface area contributed by atoms with Crippen LogP contribution in [0.15, 0.2) is 82.1 Å². The van der Waals surface area contributed by atoms with Crippen LogP contribution in [0.25, 0.3) is 0 Å². The monoisotopic (exact) mass is 1080 g/mol. The van der Waals surface area contributed by atoms with Gasteiger partial charge in [-0.1, -0.05) is 175 Å². The van der Waals surface area contributed by atoms with Crippen LogP contribution >= 0.6 is 15.9 Å². The number of halogens is 1. The fraction of sp³-hybridized carbons (Fsp3) is 0.729. The highest BCUT2D eigenvalue weighted by molar-refractivity contribution is 9.11. The highest BCUT2D eigenvalue weighted by Crippen LogP contribution is 2.40. The number of aliphatic hydroxyl groups excluding tert-OH is 6. The van der Waals surface area contributed by atoms with Crippen LogP contribution in [0.2, 0.25) is 0 Å². The number of rotatable bonds is 31. The second-order valence-electron chi connectivity index (χ2n) is 21.9. The molecule has 1 saturated heterocycles. The van der Waals surface area contributed by atoms with Gasteiger partial charge in [0.25, 0.3) is 0 Å². The number of fused-ring (bicyclic) bond motifs is 2. The Morgan fingerprint density at radius 3 is 2.08 bits per heavy atom. The van der Waals surface area contributed by atoms with Crippen molar-refractivity contribution in [2.75, 3.05) is 7.11 Å². The van der Waals surface area contributed by atoms with E-state index in [0.29, 0.717) is 54.6 Å². The van der Waals surface area contributed by atoms with Crippen molar-refractivity contribution in [3.63, 3.8) is 0 Å². The molecule has 6 N–H and O–H groups in total. The molecule has 0 aliphatic carbocycles. The zero-order valence-corrected chi connectivity index (χ0v) is 47.3. The molecule has 1 fully saturated rings. The number of hydrogen-bond acceptors (Lipinski definition) is 12. The van der Waals surface area contributed by atoms with Crippen molar-refractivity contribution in [3.05, 3.63) is 82.1 Å². The van der Waals surface area contributed by atoms with Crippen molar-refractivity contribution in [2.24, 2.45) is 11.3 Å². The maximum Gasteiger partial charge on any atom is 0.331 e. The quantitative estimate of drug-likeness (QED) is 0.0127. The summed E-state index contributed by atoms with van der Waals surface area (Å²) in [6.07, 6.45) is 17.6. The smallest absolute Gasteiger partial charge is 0.331 e. The molecule has 8 unspecified atom stereocenters. The van der Waals surface area contributed by atoms with Gasteiger partial charge < -0.3 is 49.6 Å². The molecular formula is C59H97BrO12. The van der Waals surface area contributed by atoms with E-state index in [1.807, 2.05) is 13.0 Å². The Labute approximate surface area is 442 Å². The predicted molar refractivity (Wildman–Crippen MR) is 292 cm³/mol. The van der Waals surface area contributed by atoms with E-state index >= 15 is 0 Å². The van der Waals surface area contributed by atoms with Crippen LogP contribution in [0.5, 0.6) is 0 Å². The summed E-state index contributed by atoms with van der Waals surface area (Å²) in [4.78, 5) is 27.9. The highest BCUT2D eigenvalue weighted by atomic mass is 79.9. The standard InChI is InChI=1S/C59H97BrO12/c1-12-13-14-15-16-17-18-19-20-21-22-23-24-28-56(67)70-47(35-44(6)51(39-60)69-11)36-49(62)45(7)50(63)38-53(65)58(8,9)52(64)32-43(5)33-54(66)59(10)55-37-48(72-59)31-42(4)29-41(3)30-46(61)27-25-26-40(2)34-57(68)71-55/h25-26,29,33-34,39,45-50,52-55,61-66H,3,6,12-24,27-28,30-32,35-38H2,1-2,4-5,7-11H3/b26-25+,40-34+,42-29+,43-33+,51-39+/t45?,46-,47?,48+,49?,50?,52?,53?,54?,55-,59?/m1/s1. The molecule has 0 aromatic rings. The second kappa shape index (κ2) is 33.9. The summed E-state index contributed by atoms with van der Waals surface area (Å²) < 4.78 is 23.8. The first kappa shape index (κ1) is 65.2. The lowest BCUT2D eigenvalue weighted by molar-refractivity contribution is -0.163. The fourth-order valence-electron chi connectivity index (χ4n) is 9.66. The van der Waals surface area contributed by atoms with Gasteiger partial charge in [0.1, 0.15) is 29.7 Å². The van der Waals surface area contributed by atoms with E-state index in [2.05, 4.69) is 36.0 Å². The van der Waals surface area contributed by atoms with Gasteiger partial charge in [0.05, 0.1) is 43.7 Å². The third-order valence-electron chi connectivity index (χ3n) is 14.8. The number of allylic oxidation sites excluding steroid dienone is 4. The van der Waals surface area contributed by atoms with Crippen LogP contribution in [0.3, 0.4) is 0 Å². The molecule has 2 heterocycles. The van der Waals surface area contributed by atoms with Crippen molar-refractivity contribution in [3.8, 4) is 0 Å². The zero-order valence-electron chi connectivity index (χ0n) is 45.7. The van der Waals surface area contributed by atoms with E-state index in [0.717, 1.165) is 30.4 Å². The predicted octanol–water partition coefficient (Wildman–Crippen LogP) is 11.8. The zero-order chi connectivity index (χ0) is 54.0. The van der Waals surface area contributed by atoms with Crippen molar-refractivity contribution >= 4 is 27.9 Å². The minimum atomic E-state index is -1.34. The van der Waals surface area contributed by atoms with Crippen LogP contribution in [0.4, 0.5) is 0 Å². The Bertz CT molecular complexity index is 1820. The molecule has 72 heavy (non-hydrogen) atoms. The number of unbranched alkanes of at least 4 members (excludes halogenated alkanes) is 12. The summed E-state index contributed by atoms with van der Waals surface area (Å²) in [5.74, 6) is -1.21. The van der Waals surface area contributed by atoms with Gasteiger partial charge in [-0.05, 0) is 70.9 Å². The summed E-state index contributed by atoms with van der Waals surface area (Å²) in [7, 11) is 1.51. The molecule has 0 aromatic heterocycles. The normalized spacial score (nSPS) is 25.7. The lowest BCUT2D eigenvalue weighted by Crippen LogP contribution is -2.48. The number of carbonyl (C=O) groups excluding carboxylic acids is 2. The Hall–Kier alpha value is -2.88. The molecule has 2 aliphatic rings. The van der Waals surface area contributed by atoms with E-state index in [1.54, 1.807) is 64.8 Å². The highest BCUT2D eigenvalue weighted by Gasteiger charge is 2.51. The van der Waals surface area contributed by atoms with Crippen LogP contribution in [0, 0.1) is 11.3 Å². The molecule has 412 valence electrons. The molecule has 0 amide bonds. The van der Waals surface area contributed by atoms with Gasteiger partial charge in [-0.15, -0.1) is 0 Å². The Balaban J connectivity index is 2.06. The van der Waals surface area contributed by atoms with Crippen LogP contribution in [-0.4, -0.2) is 110 Å². The third kappa shape index (κ3) is 23.8. The minimum Gasteiger partial charge on any atom is -0.496 e. The SMILES string of the molecule is C=C1/C=C(\C)C[C@H]2C[C@@H](OC(=O)/C=C(C)/C=C/C[C@@H](O)C1)C(C)(C(O)/C=C(\C)CC(O)C(C)(C)C(O)CC(O)C(C)C(O)CC(CC(=C)/C(=C\Br)OC)OC(=O)CCCCCCCCCCCCCCC)O2. The lowest BCUT2D eigenvalue weighted by Gasteiger charge is -2.38. The number of esters is 2. The van der Waals surface area contributed by atoms with E-state index in [9.17, 15) is 40.2 Å². The Kier molecular flexibility index (Phi) is 30.7. The molecule has 2 bridgehead atoms. The van der Waals surface area contributed by atoms with Crippen molar-refractivity contribution in [2.45, 2.75) is 257 Å². The summed E-state index contributed by atoms with van der Waals surface area (Å²) in [5.41, 5.74) is 1.08. The van der Waals surface area contributed by atoms with E-state index < -0.39 is 77.8 Å². The molecule has 0 spiro atoms. The summed E-state index contributed by atoms with van der Waals surface area (Å²) in [6, 6.07) is 0. The molecule has 2 rings (SSSR count). The molecule has 13 heteroatoms. The van der Waals surface area contributed by atoms with Gasteiger partial charge in [-0.25, -0.2) is 4.79 Å². The molecule has 12 nitrogen and oxygen atoms in total. The average molecular weight is 1080 g/mol. The van der Waals surface area contributed by atoms with E-state index in [-0.39, 0.29) is 38.1 Å². The van der Waals surface area contributed by atoms with Gasteiger partial charge >= 0.3 is 11.9 Å². The first-order valence-electron chi connectivity index (χ1n) is 27.0. The van der Waals surface area contributed by atoms with Crippen LogP contribution in [0.1, 0.15) is 197 Å². The largest absolute Gasteiger partial charge is 0.496 e. The fourth-order valence-corrected chi connectivity index (χ4v) is 10.2. The van der Waals surface area contributed by atoms with Crippen molar-refractivity contribution in [1.29, 1.82) is 0 Å². The molecule has 11 atom stereocenters. The number of ether oxygens (including phenoxy) is 4. The third-order valence-corrected chi connectivity index (χ3v) is 15.2. The molecular weight excluding hydrogens is 981 g/mol. The van der Waals surface area contributed by atoms with E-state index in [1.165, 1.54) is 71.0 Å². The molecule has 0 radical (unpaired) electrons. The summed E-state index contributed by atoms with van der Waals surface area (Å²) in [5, 5.41) is 68.3. The topological polar surface area (TPSA) is 192 Å². The van der Waals surface area contributed by atoms with Gasteiger partial charge in [-0.2, -0.15) is 0 Å². The maximum atomic E-state index is 13.1. The maximum absolute atomic E-state index is 13.1. The van der Waals surface area contributed by atoms with Crippen LogP contribution in [-0.2, 0) is 28.5 Å². The van der Waals surface area contributed by atoms with Gasteiger partial charge in [0.2, 0.25) is 0 Å². The average Bonchev–Trinajstić information content (AvgIpc) is 3.61. The van der Waals surface area contributed by atoms with Crippen molar-refractivity contribution < 1.29 is 59.2 Å². The van der Waals surface area contributed by atoms with Crippen LogP contribution < -0.4 is 0 Å². The Morgan fingerprint density at radius 2 is 1.50 bits per heavy atom. The van der Waals surface area contributed by atoms with Gasteiger partial charge in [0.15, 0.2) is 0 Å². The Morgan fingerprint density at radius 1 is 0.917 bits per heavy atom. The van der Waals surface area contributed by atoms with E-state index in [4.69, 9.17) is 18.9 Å². The first-order chi connectivity index (χ1) is 34.0. The molecule has 0 saturated carbocycles. The van der Waals surface area contributed by atoms with Gasteiger partial charge in [0, 0.05) is 54.5 Å². The molecule has 0 aromatic carbocycles. The minimum absolute atomic E-state index is 0.0174. The number of hydrogen-bond donors (Lipinski definition) is 6. The first-order valence-corrected chi connectivity index (χ1v) is 27.9. The van der Waals surface area contributed by atoms with Gasteiger partial charge in [-0.3, -0.25) is 4.79 Å². The number of methoxy groups -OCH3 is 1. The van der Waals surface area contributed by atoms with Crippen molar-refractivity contribution in [1.82, 2.24) is 0 Å². The molecule has 2 aliphatic heterocycles.